The molecule has 12 heteroatoms. The van der Waals surface area contributed by atoms with Crippen LogP contribution >= 0.6 is 34.8 Å². The number of carbonyl (C=O) groups excluding carboxylic acids is 1. The van der Waals surface area contributed by atoms with Crippen molar-refractivity contribution in [3.8, 4) is 5.88 Å². The van der Waals surface area contributed by atoms with E-state index in [4.69, 9.17) is 34.8 Å². The second kappa shape index (κ2) is 8.26. The van der Waals surface area contributed by atoms with Crippen LogP contribution in [0.5, 0.6) is 5.88 Å². The number of carboxylic acid groups (broad SMARTS) is 1. The van der Waals surface area contributed by atoms with Gasteiger partial charge in [0.2, 0.25) is 5.88 Å². The van der Waals surface area contributed by atoms with Crippen LogP contribution in [-0.4, -0.2) is 45.9 Å². The van der Waals surface area contributed by atoms with E-state index >= 15 is 0 Å². The molecule has 1 heterocycles. The second-order valence-corrected chi connectivity index (χ2v) is 7.18. The lowest BCUT2D eigenvalue weighted by Crippen LogP contribution is -2.47. The second-order valence-electron chi connectivity index (χ2n) is 5.93. The van der Waals surface area contributed by atoms with E-state index in [0.29, 0.717) is 0 Å². The summed E-state index contributed by atoms with van der Waals surface area (Å²) >= 11 is 18.6. The minimum absolute atomic E-state index is 0.00133. The molecule has 0 radical (unpaired) electrons. The Balaban J connectivity index is 2.69. The molecule has 1 aromatic rings. The number of hydrogen-bond acceptors (Lipinski definition) is 5. The molecule has 1 aliphatic carbocycles. The lowest BCUT2D eigenvalue weighted by Gasteiger charge is -2.36. The third-order valence-corrected chi connectivity index (χ3v) is 5.58. The van der Waals surface area contributed by atoms with Crippen LogP contribution in [0.3, 0.4) is 0 Å². The number of alkyl halides is 3. The Hall–Kier alpha value is -1.84. The van der Waals surface area contributed by atoms with Crippen molar-refractivity contribution in [1.82, 2.24) is 9.78 Å². The van der Waals surface area contributed by atoms with Crippen molar-refractivity contribution in [2.45, 2.75) is 18.9 Å². The van der Waals surface area contributed by atoms with Gasteiger partial charge in [0, 0.05) is 17.7 Å². The zero-order valence-corrected chi connectivity index (χ0v) is 17.0. The summed E-state index contributed by atoms with van der Waals surface area (Å²) in [6.07, 6.45) is 2.35. The monoisotopic (exact) mass is 458 g/mol. The molecule has 1 aliphatic rings. The Kier molecular flexibility index (Phi) is 6.62. The molecule has 154 valence electrons. The molecular weight excluding hydrogens is 445 g/mol. The van der Waals surface area contributed by atoms with Crippen molar-refractivity contribution in [1.29, 1.82) is 0 Å². The largest absolute Gasteiger partial charge is 0.481 e. The van der Waals surface area contributed by atoms with E-state index in [1.807, 2.05) is 0 Å². The predicted octanol–water partition coefficient (Wildman–Crippen LogP) is 3.68. The molecule has 0 saturated carbocycles. The normalized spacial score (nSPS) is 23.1. The number of halogens is 5. The Morgan fingerprint density at radius 1 is 1.39 bits per heavy atom. The van der Waals surface area contributed by atoms with Crippen molar-refractivity contribution in [3.63, 3.8) is 0 Å². The van der Waals surface area contributed by atoms with Gasteiger partial charge in [-0.3, -0.25) is 9.59 Å². The van der Waals surface area contributed by atoms with E-state index in [2.05, 4.69) is 14.6 Å². The summed E-state index contributed by atoms with van der Waals surface area (Å²) in [5, 5.41) is 12.3. The van der Waals surface area contributed by atoms with Crippen LogP contribution in [0.2, 0.25) is 5.02 Å². The number of aliphatic carboxylic acids is 1. The van der Waals surface area contributed by atoms with Crippen molar-refractivity contribution in [3.05, 3.63) is 27.9 Å². The highest BCUT2D eigenvalue weighted by Gasteiger charge is 2.53. The lowest BCUT2D eigenvalue weighted by atomic mass is 9.69. The quantitative estimate of drug-likeness (QED) is 0.515. The average Bonchev–Trinajstić information content (AvgIpc) is 2.88. The summed E-state index contributed by atoms with van der Waals surface area (Å²) in [6.45, 7) is -1.82. The Labute approximate surface area is 173 Å². The van der Waals surface area contributed by atoms with E-state index in [9.17, 15) is 23.5 Å². The molecule has 1 N–H and O–H groups in total. The molecule has 0 aliphatic heterocycles. The van der Waals surface area contributed by atoms with E-state index in [0.717, 1.165) is 17.9 Å². The molecule has 0 amide bonds. The molecule has 1 aromatic heterocycles. The first-order chi connectivity index (χ1) is 13.0. The number of esters is 1. The fourth-order valence-corrected chi connectivity index (χ4v) is 4.00. The number of allylic oxidation sites excluding steroid dienone is 3. The van der Waals surface area contributed by atoms with E-state index < -0.39 is 41.1 Å². The van der Waals surface area contributed by atoms with Gasteiger partial charge in [-0.15, -0.1) is 11.6 Å². The number of ether oxygens (including phenoxy) is 2. The van der Waals surface area contributed by atoms with E-state index in [-0.39, 0.29) is 21.3 Å². The summed E-state index contributed by atoms with van der Waals surface area (Å²) in [4.78, 5) is 24.2. The highest BCUT2D eigenvalue weighted by Crippen LogP contribution is 2.48. The van der Waals surface area contributed by atoms with E-state index in [1.165, 1.54) is 20.0 Å². The molecule has 0 spiro atoms. The van der Waals surface area contributed by atoms with Crippen LogP contribution in [0, 0.1) is 11.3 Å². The Bertz CT molecular complexity index is 871. The number of hydrogen-bond donors (Lipinski definition) is 1. The maximum absolute atomic E-state index is 12.6. The first kappa shape index (κ1) is 22.4. The first-order valence-electron chi connectivity index (χ1n) is 7.70. The molecule has 3 atom stereocenters. The summed E-state index contributed by atoms with van der Waals surface area (Å²) in [6, 6.07) is 0. The third-order valence-electron chi connectivity index (χ3n) is 4.43. The van der Waals surface area contributed by atoms with Gasteiger partial charge in [0.05, 0.1) is 18.4 Å². The maximum atomic E-state index is 12.6. The van der Waals surface area contributed by atoms with Gasteiger partial charge in [0.1, 0.15) is 16.1 Å². The van der Waals surface area contributed by atoms with Gasteiger partial charge >= 0.3 is 18.6 Å². The fraction of sp³-hybridized carbons (Fsp3) is 0.438. The van der Waals surface area contributed by atoms with Gasteiger partial charge < -0.3 is 14.6 Å². The van der Waals surface area contributed by atoms with Crippen LogP contribution in [0.4, 0.5) is 8.78 Å². The van der Waals surface area contributed by atoms with Gasteiger partial charge in [-0.05, 0) is 6.08 Å². The van der Waals surface area contributed by atoms with Gasteiger partial charge in [-0.2, -0.15) is 13.9 Å². The van der Waals surface area contributed by atoms with Crippen LogP contribution < -0.4 is 4.74 Å². The van der Waals surface area contributed by atoms with Crippen LogP contribution in [0.25, 0.3) is 5.57 Å². The molecule has 0 bridgehead atoms. The molecule has 3 unspecified atom stereocenters. The van der Waals surface area contributed by atoms with Crippen LogP contribution in [0.1, 0.15) is 12.6 Å². The standard InChI is InChI=1S/C16H15Cl3F2N2O5/c1-6(13(24)27-3)16(14(25)26)5-7(8(17)4-9(16)18)11-10(19)12(23(2)22-11)28-15(20)21/h4-6,9,15H,1-3H3,(H,25,26). The summed E-state index contributed by atoms with van der Waals surface area (Å²) in [5.41, 5.74) is -2.05. The molecule has 7 nitrogen and oxygen atoms in total. The number of nitrogens with zero attached hydrogens (tertiary/aromatic N) is 2. The zero-order valence-electron chi connectivity index (χ0n) is 14.8. The average molecular weight is 460 g/mol. The predicted molar refractivity (Wildman–Crippen MR) is 97.7 cm³/mol. The molecule has 28 heavy (non-hydrogen) atoms. The highest BCUT2D eigenvalue weighted by atomic mass is 35.5. The molecule has 0 aromatic carbocycles. The first-order valence-corrected chi connectivity index (χ1v) is 8.90. The SMILES string of the molecule is COC(=O)C(C)C1(C(=O)O)C=C(c2nn(C)c(OC(F)F)c2Cl)C(Cl)=CC1Cl. The summed E-state index contributed by atoms with van der Waals surface area (Å²) in [5.74, 6) is -3.89. The molecule has 0 fully saturated rings. The smallest absolute Gasteiger partial charge is 0.388 e. The summed E-state index contributed by atoms with van der Waals surface area (Å²) in [7, 11) is 2.41. The number of methoxy groups -OCH3 is 1. The van der Waals surface area contributed by atoms with Gasteiger partial charge in [0.15, 0.2) is 0 Å². The van der Waals surface area contributed by atoms with Gasteiger partial charge in [-0.25, -0.2) is 4.68 Å². The minimum Gasteiger partial charge on any atom is -0.481 e. The van der Waals surface area contributed by atoms with Crippen LogP contribution in [-0.2, 0) is 21.4 Å². The van der Waals surface area contributed by atoms with Gasteiger partial charge in [0.25, 0.3) is 0 Å². The van der Waals surface area contributed by atoms with Crippen molar-refractivity contribution in [2.24, 2.45) is 18.4 Å². The molecule has 2 rings (SSSR count). The van der Waals surface area contributed by atoms with E-state index in [1.54, 1.807) is 0 Å². The number of aromatic nitrogens is 2. The number of aryl methyl sites for hydroxylation is 1. The molecule has 0 saturated heterocycles. The van der Waals surface area contributed by atoms with Crippen molar-refractivity contribution in [2.75, 3.05) is 7.11 Å². The van der Waals surface area contributed by atoms with Crippen molar-refractivity contribution >= 4 is 52.3 Å². The number of rotatable bonds is 6. The lowest BCUT2D eigenvalue weighted by molar-refractivity contribution is -0.159. The Morgan fingerprint density at radius 2 is 2.00 bits per heavy atom. The zero-order chi connectivity index (χ0) is 21.4. The maximum Gasteiger partial charge on any atom is 0.388 e. The van der Waals surface area contributed by atoms with Crippen LogP contribution in [0.15, 0.2) is 17.2 Å². The van der Waals surface area contributed by atoms with Gasteiger partial charge in [-0.1, -0.05) is 36.2 Å². The van der Waals surface area contributed by atoms with Crippen molar-refractivity contribution < 1.29 is 33.0 Å². The number of carbonyl (C=O) groups is 2. The topological polar surface area (TPSA) is 90.7 Å². The minimum atomic E-state index is -3.16. The third kappa shape index (κ3) is 3.70. The fourth-order valence-electron chi connectivity index (χ4n) is 2.89. The molecular formula is C16H15Cl3F2N2O5. The number of carboxylic acids is 1. The Morgan fingerprint density at radius 3 is 2.50 bits per heavy atom. The summed E-state index contributed by atoms with van der Waals surface area (Å²) < 4.78 is 35.1. The highest BCUT2D eigenvalue weighted by molar-refractivity contribution is 6.40.